The van der Waals surface area contributed by atoms with Crippen LogP contribution in [0.2, 0.25) is 0 Å². The van der Waals surface area contributed by atoms with Crippen LogP contribution >= 0.6 is 0 Å². The standard InChI is InChI=1S/C68H123NO8/c1-3-5-7-9-11-13-15-17-19-21-23-25-26-27-28-29-30-31-32-33-34-35-36-38-39-41-43-45-47-49-51-53-55-57-62(71)61(60-76-68-67(75)66(74)65(73)63(59-70)77-68)69-64(72)58-56-54-52-50-48-46-44-42-40-37-24-22-20-18-16-14-12-10-8-6-4-2/h6,8,12,14,18,20,24,37,47,49,55,57,61-63,65-68,70-71,73-75H,3-5,7,9-11,13,15-17,19,21-23,25-36,38-46,48,50-54,56,58-60H2,1-2H3,(H,69,72)/b8-6-,14-12-,20-18-,37-24-,49-47+,57-55+. The average molecular weight is 1080 g/mol. The zero-order valence-electron chi connectivity index (χ0n) is 50.0. The van der Waals surface area contributed by atoms with E-state index in [-0.39, 0.29) is 12.5 Å². The Balaban J connectivity index is 2.17. The molecule has 1 fully saturated rings. The van der Waals surface area contributed by atoms with Crippen molar-refractivity contribution in [1.82, 2.24) is 5.32 Å². The second kappa shape index (κ2) is 56.9. The van der Waals surface area contributed by atoms with Crippen LogP contribution in [0.25, 0.3) is 0 Å². The van der Waals surface area contributed by atoms with E-state index in [0.29, 0.717) is 6.42 Å². The molecule has 1 amide bonds. The fourth-order valence-corrected chi connectivity index (χ4v) is 10.2. The summed E-state index contributed by atoms with van der Waals surface area (Å²) >= 11 is 0. The third-order valence-electron chi connectivity index (χ3n) is 15.3. The van der Waals surface area contributed by atoms with Gasteiger partial charge in [-0.25, -0.2) is 0 Å². The lowest BCUT2D eigenvalue weighted by atomic mass is 9.99. The number of carbonyl (C=O) groups is 1. The molecule has 1 aliphatic rings. The Morgan fingerprint density at radius 2 is 0.818 bits per heavy atom. The van der Waals surface area contributed by atoms with Crippen LogP contribution < -0.4 is 5.32 Å². The summed E-state index contributed by atoms with van der Waals surface area (Å²) in [6, 6.07) is -0.832. The fraction of sp³-hybridized carbons (Fsp3) is 0.809. The van der Waals surface area contributed by atoms with Crippen LogP contribution in [-0.2, 0) is 14.3 Å². The number of allylic oxidation sites excluding steroid dienone is 11. The Kier molecular flexibility index (Phi) is 53.7. The summed E-state index contributed by atoms with van der Waals surface area (Å²) in [7, 11) is 0. The highest BCUT2D eigenvalue weighted by molar-refractivity contribution is 5.76. The van der Waals surface area contributed by atoms with Crippen LogP contribution in [0.5, 0.6) is 0 Å². The normalized spacial score (nSPS) is 19.2. The average Bonchev–Trinajstić information content (AvgIpc) is 3.43. The molecule has 1 aliphatic heterocycles. The van der Waals surface area contributed by atoms with Crippen molar-refractivity contribution in [2.45, 2.75) is 339 Å². The molecule has 1 heterocycles. The van der Waals surface area contributed by atoms with Crippen LogP contribution in [0, 0.1) is 0 Å². The van der Waals surface area contributed by atoms with Gasteiger partial charge >= 0.3 is 0 Å². The summed E-state index contributed by atoms with van der Waals surface area (Å²) in [5.41, 5.74) is 0. The first-order valence-corrected chi connectivity index (χ1v) is 32.7. The second-order valence-electron chi connectivity index (χ2n) is 22.5. The molecule has 1 rings (SSSR count). The first kappa shape index (κ1) is 72.6. The van der Waals surface area contributed by atoms with E-state index in [2.05, 4.69) is 79.9 Å². The molecular weight excluding hydrogens is 959 g/mol. The minimum absolute atomic E-state index is 0.195. The van der Waals surface area contributed by atoms with Crippen molar-refractivity contribution in [3.8, 4) is 0 Å². The van der Waals surface area contributed by atoms with Crippen LogP contribution in [0.4, 0.5) is 0 Å². The number of aliphatic hydroxyl groups excluding tert-OH is 5. The smallest absolute Gasteiger partial charge is 0.220 e. The predicted octanol–water partition coefficient (Wildman–Crippen LogP) is 17.2. The monoisotopic (exact) mass is 1080 g/mol. The van der Waals surface area contributed by atoms with Crippen molar-refractivity contribution < 1.29 is 39.8 Å². The lowest BCUT2D eigenvalue weighted by Gasteiger charge is -2.40. The van der Waals surface area contributed by atoms with Crippen molar-refractivity contribution in [3.63, 3.8) is 0 Å². The number of rotatable bonds is 56. The molecule has 7 atom stereocenters. The van der Waals surface area contributed by atoms with Crippen molar-refractivity contribution in [1.29, 1.82) is 0 Å². The molecule has 77 heavy (non-hydrogen) atoms. The quantitative estimate of drug-likeness (QED) is 0.0261. The number of ether oxygens (including phenoxy) is 2. The SMILES string of the molecule is CC/C=C\C/C=C\C/C=C\C/C=C\CCCCCCCCCCC(=O)NC(COC1OC(CO)C(O)C(O)C1O)C(O)/C=C/CC/C=C/CCCCCCCCCCCCCCCCCCCCCCCCCCCCC. The largest absolute Gasteiger partial charge is 0.394 e. The molecule has 448 valence electrons. The van der Waals surface area contributed by atoms with E-state index >= 15 is 0 Å². The van der Waals surface area contributed by atoms with Gasteiger partial charge in [0.05, 0.1) is 25.4 Å². The van der Waals surface area contributed by atoms with Gasteiger partial charge in [0.15, 0.2) is 6.29 Å². The molecule has 6 N–H and O–H groups in total. The van der Waals surface area contributed by atoms with Crippen LogP contribution in [0.1, 0.15) is 296 Å². The van der Waals surface area contributed by atoms with E-state index < -0.39 is 49.5 Å². The third kappa shape index (κ3) is 46.0. The molecule has 0 aromatic rings. The molecule has 9 heteroatoms. The van der Waals surface area contributed by atoms with Crippen LogP contribution in [-0.4, -0.2) is 87.5 Å². The number of aliphatic hydroxyl groups is 5. The summed E-state index contributed by atoms with van der Waals surface area (Å²) in [6.45, 7) is 3.67. The van der Waals surface area contributed by atoms with Crippen LogP contribution in [0.3, 0.4) is 0 Å². The molecule has 7 unspecified atom stereocenters. The van der Waals surface area contributed by atoms with E-state index in [1.54, 1.807) is 6.08 Å². The minimum Gasteiger partial charge on any atom is -0.394 e. The van der Waals surface area contributed by atoms with E-state index in [0.717, 1.165) is 77.0 Å². The molecule has 0 aromatic carbocycles. The number of hydrogen-bond acceptors (Lipinski definition) is 8. The van der Waals surface area contributed by atoms with Crippen molar-refractivity contribution >= 4 is 5.91 Å². The molecule has 0 aromatic heterocycles. The molecular formula is C68H123NO8. The Morgan fingerprint density at radius 1 is 0.455 bits per heavy atom. The Labute approximate surface area is 474 Å². The molecule has 1 saturated heterocycles. The van der Waals surface area contributed by atoms with Gasteiger partial charge in [-0.05, 0) is 70.6 Å². The van der Waals surface area contributed by atoms with Gasteiger partial charge in [-0.15, -0.1) is 0 Å². The van der Waals surface area contributed by atoms with Crippen molar-refractivity contribution in [3.05, 3.63) is 72.9 Å². The van der Waals surface area contributed by atoms with E-state index in [1.807, 2.05) is 6.08 Å². The van der Waals surface area contributed by atoms with Gasteiger partial charge in [0.1, 0.15) is 24.4 Å². The first-order chi connectivity index (χ1) is 37.8. The summed E-state index contributed by atoms with van der Waals surface area (Å²) < 4.78 is 11.3. The lowest BCUT2D eigenvalue weighted by Crippen LogP contribution is -2.60. The van der Waals surface area contributed by atoms with Gasteiger partial charge in [0, 0.05) is 6.42 Å². The highest BCUT2D eigenvalue weighted by atomic mass is 16.7. The summed E-state index contributed by atoms with van der Waals surface area (Å²) in [5, 5.41) is 54.6. The third-order valence-corrected chi connectivity index (χ3v) is 15.3. The Morgan fingerprint density at radius 3 is 1.25 bits per heavy atom. The molecule has 0 saturated carbocycles. The van der Waals surface area contributed by atoms with Gasteiger partial charge < -0.3 is 40.3 Å². The van der Waals surface area contributed by atoms with Gasteiger partial charge in [0.25, 0.3) is 0 Å². The van der Waals surface area contributed by atoms with E-state index in [9.17, 15) is 30.3 Å². The number of hydrogen-bond donors (Lipinski definition) is 6. The number of nitrogens with one attached hydrogen (secondary N) is 1. The van der Waals surface area contributed by atoms with Gasteiger partial charge in [-0.1, -0.05) is 292 Å². The number of carbonyl (C=O) groups excluding carboxylic acids is 1. The molecule has 0 aliphatic carbocycles. The second-order valence-corrected chi connectivity index (χ2v) is 22.5. The maximum atomic E-state index is 13.1. The molecule has 0 radical (unpaired) electrons. The summed E-state index contributed by atoms with van der Waals surface area (Å²) in [6.07, 6.45) is 72.9. The van der Waals surface area contributed by atoms with E-state index in [1.165, 1.54) is 199 Å². The number of amides is 1. The highest BCUT2D eigenvalue weighted by Gasteiger charge is 2.44. The van der Waals surface area contributed by atoms with Gasteiger partial charge in [0.2, 0.25) is 5.91 Å². The predicted molar refractivity (Wildman–Crippen MR) is 327 cm³/mol. The summed E-state index contributed by atoms with van der Waals surface area (Å²) in [5.74, 6) is -0.195. The number of unbranched alkanes of at least 4 members (excludes halogenated alkanes) is 36. The zero-order chi connectivity index (χ0) is 55.8. The maximum absolute atomic E-state index is 13.1. The zero-order valence-corrected chi connectivity index (χ0v) is 50.0. The van der Waals surface area contributed by atoms with E-state index in [4.69, 9.17) is 9.47 Å². The fourth-order valence-electron chi connectivity index (χ4n) is 10.2. The molecule has 9 nitrogen and oxygen atoms in total. The molecule has 0 spiro atoms. The van der Waals surface area contributed by atoms with Crippen molar-refractivity contribution in [2.75, 3.05) is 13.2 Å². The minimum atomic E-state index is -1.58. The highest BCUT2D eigenvalue weighted by Crippen LogP contribution is 2.23. The summed E-state index contributed by atoms with van der Waals surface area (Å²) in [4.78, 5) is 13.1. The van der Waals surface area contributed by atoms with Crippen LogP contribution in [0.15, 0.2) is 72.9 Å². The Hall–Kier alpha value is -2.37. The molecule has 0 bridgehead atoms. The van der Waals surface area contributed by atoms with Gasteiger partial charge in [-0.2, -0.15) is 0 Å². The Bertz CT molecular complexity index is 1440. The van der Waals surface area contributed by atoms with Gasteiger partial charge in [-0.3, -0.25) is 4.79 Å². The van der Waals surface area contributed by atoms with Crippen molar-refractivity contribution in [2.24, 2.45) is 0 Å². The lowest BCUT2D eigenvalue weighted by molar-refractivity contribution is -0.302. The first-order valence-electron chi connectivity index (χ1n) is 32.7. The topological polar surface area (TPSA) is 149 Å². The maximum Gasteiger partial charge on any atom is 0.220 e.